The molecule has 0 aliphatic carbocycles. The fourth-order valence-corrected chi connectivity index (χ4v) is 2.77. The first-order valence-corrected chi connectivity index (χ1v) is 7.73. The molecule has 2 aromatic rings. The molecule has 0 bridgehead atoms. The molecule has 0 fully saturated rings. The molecular weight excluding hydrogens is 302 g/mol. The van der Waals surface area contributed by atoms with E-state index in [1.54, 1.807) is 44.8 Å². The van der Waals surface area contributed by atoms with E-state index in [2.05, 4.69) is 5.32 Å². The highest BCUT2D eigenvalue weighted by molar-refractivity contribution is 7.07. The van der Waals surface area contributed by atoms with Gasteiger partial charge in [0, 0.05) is 24.2 Å². The van der Waals surface area contributed by atoms with Crippen LogP contribution in [0.15, 0.2) is 29.0 Å². The maximum absolute atomic E-state index is 12.0. The van der Waals surface area contributed by atoms with Gasteiger partial charge in [-0.15, -0.1) is 0 Å². The average Bonchev–Trinajstić information content (AvgIpc) is 3.05. The number of hydrogen-bond donors (Lipinski definition) is 1. The summed E-state index contributed by atoms with van der Waals surface area (Å²) in [5.41, 5.74) is 1.79. The molecule has 6 heteroatoms. The van der Waals surface area contributed by atoms with Gasteiger partial charge in [-0.3, -0.25) is 4.79 Å². The molecule has 1 heterocycles. The molecular formula is C16H19NO4S. The van der Waals surface area contributed by atoms with Gasteiger partial charge in [0.2, 0.25) is 11.7 Å². The number of rotatable bonds is 7. The van der Waals surface area contributed by atoms with E-state index in [4.69, 9.17) is 14.2 Å². The summed E-state index contributed by atoms with van der Waals surface area (Å²) in [5, 5.41) is 6.91. The molecule has 1 aromatic carbocycles. The lowest BCUT2D eigenvalue weighted by atomic mass is 10.2. The number of benzene rings is 1. The van der Waals surface area contributed by atoms with E-state index in [-0.39, 0.29) is 5.91 Å². The zero-order valence-electron chi connectivity index (χ0n) is 12.8. The highest BCUT2D eigenvalue weighted by Gasteiger charge is 2.14. The first-order chi connectivity index (χ1) is 10.7. The molecule has 1 N–H and O–H groups in total. The lowest BCUT2D eigenvalue weighted by Gasteiger charge is -2.14. The van der Waals surface area contributed by atoms with Crippen molar-refractivity contribution in [2.75, 3.05) is 26.6 Å². The summed E-state index contributed by atoms with van der Waals surface area (Å²) < 4.78 is 15.8. The number of carbonyl (C=O) groups excluding carboxylic acids is 1. The summed E-state index contributed by atoms with van der Waals surface area (Å²) in [7, 11) is 4.62. The van der Waals surface area contributed by atoms with Crippen molar-refractivity contribution in [1.29, 1.82) is 0 Å². The minimum Gasteiger partial charge on any atom is -0.493 e. The summed E-state index contributed by atoms with van der Waals surface area (Å²) in [4.78, 5) is 12.0. The maximum atomic E-state index is 12.0. The lowest BCUT2D eigenvalue weighted by Crippen LogP contribution is -2.12. The van der Waals surface area contributed by atoms with Crippen molar-refractivity contribution in [3.63, 3.8) is 0 Å². The number of nitrogens with one attached hydrogen (secondary N) is 1. The van der Waals surface area contributed by atoms with Crippen molar-refractivity contribution in [3.05, 3.63) is 34.5 Å². The number of anilines is 1. The van der Waals surface area contributed by atoms with Crippen molar-refractivity contribution in [3.8, 4) is 17.2 Å². The minimum atomic E-state index is -0.0551. The summed E-state index contributed by atoms with van der Waals surface area (Å²) >= 11 is 1.63. The molecule has 0 aliphatic heterocycles. The van der Waals surface area contributed by atoms with Gasteiger partial charge in [0.05, 0.1) is 21.3 Å². The Bertz CT molecular complexity index is 600. The van der Waals surface area contributed by atoms with Crippen molar-refractivity contribution >= 4 is 22.9 Å². The average molecular weight is 321 g/mol. The number of aryl methyl sites for hydroxylation is 1. The van der Waals surface area contributed by atoms with Gasteiger partial charge < -0.3 is 19.5 Å². The molecule has 0 saturated heterocycles. The molecule has 0 radical (unpaired) electrons. The number of amides is 1. The van der Waals surface area contributed by atoms with Crippen LogP contribution < -0.4 is 19.5 Å². The van der Waals surface area contributed by atoms with E-state index < -0.39 is 0 Å². The second kappa shape index (κ2) is 7.70. The molecule has 1 amide bonds. The zero-order valence-corrected chi connectivity index (χ0v) is 13.7. The number of carbonyl (C=O) groups is 1. The third-order valence-corrected chi connectivity index (χ3v) is 3.90. The van der Waals surface area contributed by atoms with Crippen LogP contribution in [-0.4, -0.2) is 27.2 Å². The molecule has 1 aromatic heterocycles. The van der Waals surface area contributed by atoms with Crippen LogP contribution in [0.3, 0.4) is 0 Å². The van der Waals surface area contributed by atoms with Gasteiger partial charge in [-0.2, -0.15) is 11.3 Å². The Morgan fingerprint density at radius 1 is 1.14 bits per heavy atom. The number of hydrogen-bond acceptors (Lipinski definition) is 5. The van der Waals surface area contributed by atoms with Gasteiger partial charge in [-0.25, -0.2) is 0 Å². The predicted molar refractivity (Wildman–Crippen MR) is 87.4 cm³/mol. The van der Waals surface area contributed by atoms with Gasteiger partial charge in [-0.1, -0.05) is 0 Å². The molecule has 0 spiro atoms. The monoisotopic (exact) mass is 321 g/mol. The second-order valence-corrected chi connectivity index (χ2v) is 5.37. The summed E-state index contributed by atoms with van der Waals surface area (Å²) in [6, 6.07) is 5.45. The predicted octanol–water partition coefficient (Wildman–Crippen LogP) is 3.35. The van der Waals surface area contributed by atoms with Crippen LogP contribution in [0.2, 0.25) is 0 Å². The van der Waals surface area contributed by atoms with Crippen LogP contribution >= 0.6 is 11.3 Å². The molecule has 0 unspecified atom stereocenters. The molecule has 5 nitrogen and oxygen atoms in total. The van der Waals surface area contributed by atoms with E-state index in [1.165, 1.54) is 5.56 Å². The number of ether oxygens (including phenoxy) is 3. The minimum absolute atomic E-state index is 0.0551. The van der Waals surface area contributed by atoms with Crippen LogP contribution in [0.1, 0.15) is 12.0 Å². The second-order valence-electron chi connectivity index (χ2n) is 4.59. The van der Waals surface area contributed by atoms with E-state index in [0.717, 1.165) is 6.42 Å². The lowest BCUT2D eigenvalue weighted by molar-refractivity contribution is -0.116. The van der Waals surface area contributed by atoms with E-state index >= 15 is 0 Å². The van der Waals surface area contributed by atoms with Crippen LogP contribution in [0.5, 0.6) is 17.2 Å². The molecule has 22 heavy (non-hydrogen) atoms. The van der Waals surface area contributed by atoms with E-state index in [9.17, 15) is 4.79 Å². The number of thiophene rings is 1. The normalized spacial score (nSPS) is 10.1. The van der Waals surface area contributed by atoms with Crippen molar-refractivity contribution in [2.24, 2.45) is 0 Å². The van der Waals surface area contributed by atoms with Crippen LogP contribution in [0.4, 0.5) is 5.69 Å². The standard InChI is InChI=1S/C16H19NO4S/c1-19-13-8-12(9-14(20-2)16(13)21-3)17-15(18)5-4-11-6-7-22-10-11/h6-10H,4-5H2,1-3H3,(H,17,18). The molecule has 0 saturated carbocycles. The summed E-state index contributed by atoms with van der Waals surface area (Å²) in [5.74, 6) is 1.46. The van der Waals surface area contributed by atoms with Crippen LogP contribution in [0.25, 0.3) is 0 Å². The largest absolute Gasteiger partial charge is 0.493 e. The Balaban J connectivity index is 2.06. The topological polar surface area (TPSA) is 56.8 Å². The van der Waals surface area contributed by atoms with Gasteiger partial charge >= 0.3 is 0 Å². The van der Waals surface area contributed by atoms with Crippen LogP contribution in [0, 0.1) is 0 Å². The molecule has 0 aliphatic rings. The van der Waals surface area contributed by atoms with Crippen molar-refractivity contribution in [1.82, 2.24) is 0 Å². The molecule has 0 atom stereocenters. The van der Waals surface area contributed by atoms with Gasteiger partial charge in [0.15, 0.2) is 11.5 Å². The van der Waals surface area contributed by atoms with Crippen molar-refractivity contribution < 1.29 is 19.0 Å². The van der Waals surface area contributed by atoms with Crippen LogP contribution in [-0.2, 0) is 11.2 Å². The Labute approximate surface area is 133 Å². The Hall–Kier alpha value is -2.21. The Morgan fingerprint density at radius 2 is 1.82 bits per heavy atom. The highest BCUT2D eigenvalue weighted by atomic mass is 32.1. The number of methoxy groups -OCH3 is 3. The van der Waals surface area contributed by atoms with Gasteiger partial charge in [-0.05, 0) is 28.8 Å². The third-order valence-electron chi connectivity index (χ3n) is 3.17. The molecule has 2 rings (SSSR count). The fraction of sp³-hybridized carbons (Fsp3) is 0.312. The van der Waals surface area contributed by atoms with Gasteiger partial charge in [0.1, 0.15) is 0 Å². The smallest absolute Gasteiger partial charge is 0.224 e. The van der Waals surface area contributed by atoms with Gasteiger partial charge in [0.25, 0.3) is 0 Å². The third kappa shape index (κ3) is 3.92. The molecule has 118 valence electrons. The zero-order chi connectivity index (χ0) is 15.9. The summed E-state index contributed by atoms with van der Waals surface area (Å²) in [6.07, 6.45) is 1.15. The quantitative estimate of drug-likeness (QED) is 0.850. The van der Waals surface area contributed by atoms with E-state index in [0.29, 0.717) is 29.4 Å². The van der Waals surface area contributed by atoms with E-state index in [1.807, 2.05) is 16.8 Å². The first-order valence-electron chi connectivity index (χ1n) is 6.79. The first kappa shape index (κ1) is 16.2. The maximum Gasteiger partial charge on any atom is 0.224 e. The Morgan fingerprint density at radius 3 is 2.32 bits per heavy atom. The highest BCUT2D eigenvalue weighted by Crippen LogP contribution is 2.39. The van der Waals surface area contributed by atoms with Crippen molar-refractivity contribution in [2.45, 2.75) is 12.8 Å². The SMILES string of the molecule is COc1cc(NC(=O)CCc2ccsc2)cc(OC)c1OC. The summed E-state index contributed by atoms with van der Waals surface area (Å²) in [6.45, 7) is 0. The fourth-order valence-electron chi connectivity index (χ4n) is 2.07. The Kier molecular flexibility index (Phi) is 5.66.